The number of carbonyl (C=O) groups is 1. The van der Waals surface area contributed by atoms with E-state index < -0.39 is 5.60 Å². The first-order valence-electron chi connectivity index (χ1n) is 11.8. The summed E-state index contributed by atoms with van der Waals surface area (Å²) in [6.07, 6.45) is 0. The molecule has 0 radical (unpaired) electrons. The summed E-state index contributed by atoms with van der Waals surface area (Å²) >= 11 is 0. The van der Waals surface area contributed by atoms with Crippen molar-refractivity contribution >= 4 is 11.5 Å². The molecule has 0 spiro atoms. The molecule has 0 fully saturated rings. The summed E-state index contributed by atoms with van der Waals surface area (Å²) in [5.41, 5.74) is 4.22. The van der Waals surface area contributed by atoms with Crippen LogP contribution in [-0.4, -0.2) is 41.9 Å². The van der Waals surface area contributed by atoms with Crippen LogP contribution < -0.4 is 9.64 Å². The molecule has 34 heavy (non-hydrogen) atoms. The van der Waals surface area contributed by atoms with Crippen LogP contribution in [0.4, 0.5) is 5.69 Å². The van der Waals surface area contributed by atoms with Gasteiger partial charge in [0.1, 0.15) is 11.4 Å². The highest BCUT2D eigenvalue weighted by atomic mass is 16.5. The molecule has 0 aliphatic rings. The summed E-state index contributed by atoms with van der Waals surface area (Å²) in [5, 5.41) is 4.85. The molecular weight excluding hydrogens is 426 g/mol. The van der Waals surface area contributed by atoms with Crippen LogP contribution in [0.25, 0.3) is 11.3 Å². The summed E-state index contributed by atoms with van der Waals surface area (Å²) in [7, 11) is 4.07. The van der Waals surface area contributed by atoms with E-state index in [4.69, 9.17) is 14.6 Å². The van der Waals surface area contributed by atoms with Crippen molar-refractivity contribution in [3.05, 3.63) is 65.9 Å². The molecule has 1 heterocycles. The smallest absolute Gasteiger partial charge is 0.161 e. The molecule has 0 amide bonds. The SMILES string of the molecule is CC(=O)C(C)(C)OCc1cc(-c2cccc(OCC(C)C)c2)n(Cc2cccc(N(C)C)c2)n1. The number of anilines is 1. The van der Waals surface area contributed by atoms with E-state index in [0.29, 0.717) is 19.1 Å². The zero-order valence-electron chi connectivity index (χ0n) is 21.5. The van der Waals surface area contributed by atoms with E-state index >= 15 is 0 Å². The summed E-state index contributed by atoms with van der Waals surface area (Å²) in [4.78, 5) is 14.0. The number of carbonyl (C=O) groups excluding carboxylic acids is 1. The Kier molecular flexibility index (Phi) is 8.15. The number of ether oxygens (including phenoxy) is 2. The number of aromatic nitrogens is 2. The Hall–Kier alpha value is -3.12. The van der Waals surface area contributed by atoms with E-state index in [1.807, 2.05) is 37.0 Å². The maximum Gasteiger partial charge on any atom is 0.161 e. The maximum absolute atomic E-state index is 11.9. The Morgan fingerprint density at radius 3 is 2.50 bits per heavy atom. The van der Waals surface area contributed by atoms with Gasteiger partial charge in [-0.1, -0.05) is 38.1 Å². The molecule has 3 aromatic rings. The molecule has 1 aromatic heterocycles. The van der Waals surface area contributed by atoms with Crippen LogP contribution in [0.1, 0.15) is 45.9 Å². The first-order chi connectivity index (χ1) is 16.0. The fourth-order valence-corrected chi connectivity index (χ4v) is 3.36. The molecule has 0 aliphatic carbocycles. The van der Waals surface area contributed by atoms with Gasteiger partial charge in [-0.3, -0.25) is 9.48 Å². The molecule has 6 nitrogen and oxygen atoms in total. The van der Waals surface area contributed by atoms with Crippen molar-refractivity contribution in [3.8, 4) is 17.0 Å². The van der Waals surface area contributed by atoms with Crippen molar-refractivity contribution in [2.24, 2.45) is 5.92 Å². The van der Waals surface area contributed by atoms with E-state index in [9.17, 15) is 4.79 Å². The third kappa shape index (κ3) is 6.70. The average Bonchev–Trinajstić information content (AvgIpc) is 3.19. The molecule has 0 bridgehead atoms. The van der Waals surface area contributed by atoms with Crippen molar-refractivity contribution in [2.45, 2.75) is 53.4 Å². The predicted octanol–water partition coefficient (Wildman–Crippen LogP) is 5.58. The van der Waals surface area contributed by atoms with Crippen molar-refractivity contribution < 1.29 is 14.3 Å². The van der Waals surface area contributed by atoms with Crippen LogP contribution in [0.2, 0.25) is 0 Å². The van der Waals surface area contributed by atoms with Crippen LogP contribution in [0, 0.1) is 5.92 Å². The first kappa shape index (κ1) is 25.5. The van der Waals surface area contributed by atoms with Gasteiger partial charge in [-0.25, -0.2) is 0 Å². The van der Waals surface area contributed by atoms with Crippen molar-refractivity contribution in [2.75, 3.05) is 25.6 Å². The minimum atomic E-state index is -0.853. The molecule has 2 aromatic carbocycles. The Labute approximate surface area is 203 Å². The molecule has 3 rings (SSSR count). The number of benzene rings is 2. The fraction of sp³-hybridized carbons (Fsp3) is 0.429. The Morgan fingerprint density at radius 2 is 1.82 bits per heavy atom. The lowest BCUT2D eigenvalue weighted by molar-refractivity contribution is -0.139. The van der Waals surface area contributed by atoms with Crippen LogP contribution >= 0.6 is 0 Å². The van der Waals surface area contributed by atoms with Gasteiger partial charge in [0.2, 0.25) is 0 Å². The van der Waals surface area contributed by atoms with Gasteiger partial charge in [0.05, 0.1) is 31.1 Å². The molecule has 0 atom stereocenters. The Morgan fingerprint density at radius 1 is 1.09 bits per heavy atom. The second kappa shape index (κ2) is 10.9. The average molecular weight is 464 g/mol. The van der Waals surface area contributed by atoms with Gasteiger partial charge in [-0.15, -0.1) is 0 Å². The normalized spacial score (nSPS) is 11.6. The molecule has 6 heteroatoms. The van der Waals surface area contributed by atoms with Gasteiger partial charge >= 0.3 is 0 Å². The number of hydrogen-bond acceptors (Lipinski definition) is 5. The topological polar surface area (TPSA) is 56.6 Å². The fourth-order valence-electron chi connectivity index (χ4n) is 3.36. The minimum Gasteiger partial charge on any atom is -0.493 e. The van der Waals surface area contributed by atoms with Crippen LogP contribution in [-0.2, 0) is 22.7 Å². The number of rotatable bonds is 11. The summed E-state index contributed by atoms with van der Waals surface area (Å²) < 4.78 is 13.9. The van der Waals surface area contributed by atoms with E-state index in [-0.39, 0.29) is 12.4 Å². The first-order valence-corrected chi connectivity index (χ1v) is 11.8. The van der Waals surface area contributed by atoms with Gasteiger partial charge < -0.3 is 14.4 Å². The van der Waals surface area contributed by atoms with Gasteiger partial charge in [-0.2, -0.15) is 5.10 Å². The highest BCUT2D eigenvalue weighted by Gasteiger charge is 2.25. The van der Waals surface area contributed by atoms with E-state index in [0.717, 1.165) is 34.0 Å². The highest BCUT2D eigenvalue weighted by Crippen LogP contribution is 2.27. The number of ketones is 1. The van der Waals surface area contributed by atoms with Gasteiger partial charge in [0, 0.05) is 25.3 Å². The van der Waals surface area contributed by atoms with Crippen molar-refractivity contribution in [1.29, 1.82) is 0 Å². The summed E-state index contributed by atoms with van der Waals surface area (Å²) in [6, 6.07) is 18.6. The third-order valence-corrected chi connectivity index (χ3v) is 5.73. The highest BCUT2D eigenvalue weighted by molar-refractivity contribution is 5.83. The lowest BCUT2D eigenvalue weighted by atomic mass is 10.1. The zero-order chi connectivity index (χ0) is 24.9. The lowest BCUT2D eigenvalue weighted by Crippen LogP contribution is -2.32. The minimum absolute atomic E-state index is 0.0114. The van der Waals surface area contributed by atoms with Crippen LogP contribution in [0.15, 0.2) is 54.6 Å². The van der Waals surface area contributed by atoms with Gasteiger partial charge in [0.15, 0.2) is 5.78 Å². The standard InChI is InChI=1S/C28H37N3O3/c1-20(2)18-33-26-13-9-11-23(15-26)27-16-24(19-34-28(4,5)21(3)32)29-31(27)17-22-10-8-12-25(14-22)30(6)7/h8-16,20H,17-19H2,1-7H3. The molecule has 0 aliphatic heterocycles. The van der Waals surface area contributed by atoms with Crippen LogP contribution in [0.3, 0.4) is 0 Å². The molecule has 0 saturated heterocycles. The van der Waals surface area contributed by atoms with E-state index in [1.54, 1.807) is 20.8 Å². The van der Waals surface area contributed by atoms with Crippen molar-refractivity contribution in [1.82, 2.24) is 9.78 Å². The lowest BCUT2D eigenvalue weighted by Gasteiger charge is -2.21. The Bertz CT molecular complexity index is 1120. The summed E-state index contributed by atoms with van der Waals surface area (Å²) in [5.74, 6) is 1.28. The maximum atomic E-state index is 11.9. The molecular formula is C28H37N3O3. The summed E-state index contributed by atoms with van der Waals surface area (Å²) in [6.45, 7) is 10.9. The van der Waals surface area contributed by atoms with Crippen LogP contribution in [0.5, 0.6) is 5.75 Å². The van der Waals surface area contributed by atoms with E-state index in [1.165, 1.54) is 0 Å². The number of hydrogen-bond donors (Lipinski definition) is 0. The molecule has 0 saturated carbocycles. The second-order valence-corrected chi connectivity index (χ2v) is 9.83. The Balaban J connectivity index is 1.94. The van der Waals surface area contributed by atoms with E-state index in [2.05, 4.69) is 55.1 Å². The molecule has 0 N–H and O–H groups in total. The largest absolute Gasteiger partial charge is 0.493 e. The van der Waals surface area contributed by atoms with Crippen molar-refractivity contribution in [3.63, 3.8) is 0 Å². The monoisotopic (exact) mass is 463 g/mol. The predicted molar refractivity (Wildman–Crippen MR) is 137 cm³/mol. The van der Waals surface area contributed by atoms with Gasteiger partial charge in [-0.05, 0) is 62.6 Å². The van der Waals surface area contributed by atoms with Gasteiger partial charge in [0.25, 0.3) is 0 Å². The third-order valence-electron chi connectivity index (χ3n) is 5.73. The number of nitrogens with zero attached hydrogens (tertiary/aromatic N) is 3. The quantitative estimate of drug-likeness (QED) is 0.371. The second-order valence-electron chi connectivity index (χ2n) is 9.83. The molecule has 182 valence electrons. The zero-order valence-corrected chi connectivity index (χ0v) is 21.5. The number of Topliss-reactive ketones (excluding diaryl/α,β-unsaturated/α-hetero) is 1. The molecule has 0 unspecified atom stereocenters.